The molecule has 0 fully saturated rings. The van der Waals surface area contributed by atoms with Crippen LogP contribution >= 0.6 is 11.6 Å². The maximum Gasteiger partial charge on any atom is 0.322 e. The summed E-state index contributed by atoms with van der Waals surface area (Å²) in [6.45, 7) is 3.10. The Kier molecular flexibility index (Phi) is 6.19. The van der Waals surface area contributed by atoms with E-state index < -0.39 is 43.5 Å². The Morgan fingerprint density at radius 3 is 2.26 bits per heavy atom. The van der Waals surface area contributed by atoms with Crippen molar-refractivity contribution in [3.63, 3.8) is 0 Å². The van der Waals surface area contributed by atoms with E-state index in [1.54, 1.807) is 13.8 Å². The van der Waals surface area contributed by atoms with Crippen molar-refractivity contribution < 1.29 is 26.7 Å². The third-order valence-corrected chi connectivity index (χ3v) is 5.55. The number of nitrogens with one attached hydrogen (secondary N) is 1. The molecule has 7 nitrogen and oxygen atoms in total. The first-order valence-corrected chi connectivity index (χ1v) is 10.5. The molecular formula is C13H18ClNO6S2. The van der Waals surface area contributed by atoms with E-state index in [2.05, 4.69) is 4.72 Å². The van der Waals surface area contributed by atoms with Gasteiger partial charge < -0.3 is 5.11 Å². The lowest BCUT2D eigenvalue weighted by atomic mass is 10.1. The third kappa shape index (κ3) is 5.76. The summed E-state index contributed by atoms with van der Waals surface area (Å²) in [5.74, 6) is -2.32. The molecule has 1 aromatic carbocycles. The van der Waals surface area contributed by atoms with Gasteiger partial charge in [-0.2, -0.15) is 4.72 Å². The van der Waals surface area contributed by atoms with Gasteiger partial charge in [0.25, 0.3) is 0 Å². The van der Waals surface area contributed by atoms with Crippen LogP contribution in [0.4, 0.5) is 0 Å². The average molecular weight is 384 g/mol. The second-order valence-electron chi connectivity index (χ2n) is 5.50. The summed E-state index contributed by atoms with van der Waals surface area (Å²) < 4.78 is 50.0. The number of rotatable bonds is 7. The number of hydrogen-bond acceptors (Lipinski definition) is 5. The topological polar surface area (TPSA) is 118 Å². The zero-order valence-corrected chi connectivity index (χ0v) is 15.2. The number of carboxylic acids is 1. The van der Waals surface area contributed by atoms with E-state index in [1.807, 2.05) is 0 Å². The van der Waals surface area contributed by atoms with E-state index in [0.717, 1.165) is 12.3 Å². The molecular weight excluding hydrogens is 366 g/mol. The van der Waals surface area contributed by atoms with Gasteiger partial charge in [0.2, 0.25) is 10.0 Å². The molecule has 1 rings (SSSR count). The average Bonchev–Trinajstić information content (AvgIpc) is 2.36. The van der Waals surface area contributed by atoms with E-state index >= 15 is 0 Å². The SMILES string of the molecule is CC(C)C(NS(=O)(=O)c1cc(Cl)ccc1CS(C)(=O)=O)C(=O)O. The second kappa shape index (κ2) is 7.16. The van der Waals surface area contributed by atoms with Crippen molar-refractivity contribution in [3.8, 4) is 0 Å². The van der Waals surface area contributed by atoms with Crippen LogP contribution in [0.1, 0.15) is 19.4 Å². The van der Waals surface area contributed by atoms with Crippen molar-refractivity contribution >= 4 is 37.4 Å². The highest BCUT2D eigenvalue weighted by Gasteiger charge is 2.30. The minimum absolute atomic E-state index is 0.0253. The predicted molar refractivity (Wildman–Crippen MR) is 86.6 cm³/mol. The number of sulfone groups is 1. The van der Waals surface area contributed by atoms with Crippen LogP contribution < -0.4 is 4.72 Å². The van der Waals surface area contributed by atoms with Crippen LogP contribution in [0.2, 0.25) is 5.02 Å². The van der Waals surface area contributed by atoms with Gasteiger partial charge in [0, 0.05) is 11.3 Å². The molecule has 0 spiro atoms. The molecule has 1 unspecified atom stereocenters. The molecule has 0 saturated carbocycles. The lowest BCUT2D eigenvalue weighted by Gasteiger charge is -2.19. The number of hydrogen-bond donors (Lipinski definition) is 2. The Morgan fingerprint density at radius 2 is 1.83 bits per heavy atom. The Balaban J connectivity index is 3.37. The molecule has 0 heterocycles. The molecule has 0 aliphatic rings. The molecule has 0 saturated heterocycles. The van der Waals surface area contributed by atoms with Crippen LogP contribution in [0, 0.1) is 5.92 Å². The van der Waals surface area contributed by atoms with Gasteiger partial charge in [-0.25, -0.2) is 16.8 Å². The number of benzene rings is 1. The lowest BCUT2D eigenvalue weighted by molar-refractivity contribution is -0.140. The van der Waals surface area contributed by atoms with Crippen LogP contribution in [0.3, 0.4) is 0 Å². The summed E-state index contributed by atoms with van der Waals surface area (Å²) in [7, 11) is -7.74. The fraction of sp³-hybridized carbons (Fsp3) is 0.462. The van der Waals surface area contributed by atoms with Crippen molar-refractivity contribution in [1.82, 2.24) is 4.72 Å². The number of sulfonamides is 1. The first-order chi connectivity index (χ1) is 10.3. The summed E-state index contributed by atoms with van der Waals surface area (Å²) in [6, 6.07) is 2.43. The molecule has 130 valence electrons. The number of carbonyl (C=O) groups is 1. The summed E-state index contributed by atoms with van der Waals surface area (Å²) in [5, 5.41) is 9.21. The maximum absolute atomic E-state index is 12.5. The van der Waals surface area contributed by atoms with Gasteiger partial charge in [-0.3, -0.25) is 4.79 Å². The molecule has 0 aromatic heterocycles. The highest BCUT2D eigenvalue weighted by atomic mass is 35.5. The molecule has 0 aliphatic carbocycles. The second-order valence-corrected chi connectivity index (χ2v) is 9.76. The van der Waals surface area contributed by atoms with Crippen LogP contribution in [-0.2, 0) is 30.4 Å². The molecule has 2 N–H and O–H groups in total. The summed E-state index contributed by atoms with van der Waals surface area (Å²) in [5.41, 5.74) is 0.0253. The number of carboxylic acid groups (broad SMARTS) is 1. The fourth-order valence-electron chi connectivity index (χ4n) is 1.88. The van der Waals surface area contributed by atoms with E-state index in [1.165, 1.54) is 12.1 Å². The Bertz CT molecular complexity index is 802. The van der Waals surface area contributed by atoms with Gasteiger partial charge in [0.15, 0.2) is 9.84 Å². The largest absolute Gasteiger partial charge is 0.480 e. The van der Waals surface area contributed by atoms with Crippen LogP contribution in [0.5, 0.6) is 0 Å². The minimum Gasteiger partial charge on any atom is -0.480 e. The van der Waals surface area contributed by atoms with E-state index in [4.69, 9.17) is 16.7 Å². The highest BCUT2D eigenvalue weighted by molar-refractivity contribution is 7.90. The molecule has 0 aliphatic heterocycles. The summed E-state index contributed by atoms with van der Waals surface area (Å²) >= 11 is 5.80. The predicted octanol–water partition coefficient (Wildman–Crippen LogP) is 1.27. The first-order valence-electron chi connectivity index (χ1n) is 6.55. The quantitative estimate of drug-likeness (QED) is 0.732. The molecule has 1 aromatic rings. The molecule has 0 bridgehead atoms. The van der Waals surface area contributed by atoms with Gasteiger partial charge in [-0.05, 0) is 23.6 Å². The molecule has 10 heteroatoms. The molecule has 1 atom stereocenters. The smallest absolute Gasteiger partial charge is 0.322 e. The highest BCUT2D eigenvalue weighted by Crippen LogP contribution is 2.23. The standard InChI is InChI=1S/C13H18ClNO6S2/c1-8(2)12(13(16)17)15-23(20,21)11-6-10(14)5-4-9(11)7-22(3,18)19/h4-6,8,12,15H,7H2,1-3H3,(H,16,17). The van der Waals surface area contributed by atoms with Gasteiger partial charge in [0.1, 0.15) is 6.04 Å². The Labute approximate surface area is 140 Å². The van der Waals surface area contributed by atoms with Gasteiger partial charge in [-0.15, -0.1) is 0 Å². The monoisotopic (exact) mass is 383 g/mol. The van der Waals surface area contributed by atoms with Gasteiger partial charge >= 0.3 is 5.97 Å². The Morgan fingerprint density at radius 1 is 1.26 bits per heavy atom. The van der Waals surface area contributed by atoms with Crippen LogP contribution in [0.15, 0.2) is 23.1 Å². The summed E-state index contributed by atoms with van der Waals surface area (Å²) in [6.07, 6.45) is 0.972. The van der Waals surface area contributed by atoms with Crippen LogP contribution in [0.25, 0.3) is 0 Å². The van der Waals surface area contributed by atoms with Crippen molar-refractivity contribution in [2.24, 2.45) is 5.92 Å². The van der Waals surface area contributed by atoms with Crippen molar-refractivity contribution in [3.05, 3.63) is 28.8 Å². The Hall–Kier alpha value is -1.16. The van der Waals surface area contributed by atoms with Gasteiger partial charge in [-0.1, -0.05) is 31.5 Å². The summed E-state index contributed by atoms with van der Waals surface area (Å²) in [4.78, 5) is 10.8. The van der Waals surface area contributed by atoms with E-state index in [-0.39, 0.29) is 15.5 Å². The number of halogens is 1. The van der Waals surface area contributed by atoms with Crippen LogP contribution in [-0.4, -0.2) is 40.2 Å². The third-order valence-electron chi connectivity index (χ3n) is 2.95. The molecule has 0 amide bonds. The van der Waals surface area contributed by atoms with Crippen molar-refractivity contribution in [2.45, 2.75) is 30.5 Å². The van der Waals surface area contributed by atoms with E-state index in [9.17, 15) is 21.6 Å². The molecule has 23 heavy (non-hydrogen) atoms. The zero-order valence-electron chi connectivity index (χ0n) is 12.8. The number of aliphatic carboxylic acids is 1. The fourth-order valence-corrected chi connectivity index (χ4v) is 4.63. The van der Waals surface area contributed by atoms with Gasteiger partial charge in [0.05, 0.1) is 10.6 Å². The van der Waals surface area contributed by atoms with E-state index in [0.29, 0.717) is 0 Å². The first kappa shape index (κ1) is 19.9. The lowest BCUT2D eigenvalue weighted by Crippen LogP contribution is -2.44. The molecule has 0 radical (unpaired) electrons. The normalized spacial score (nSPS) is 14.0. The zero-order chi connectivity index (χ0) is 18.0. The van der Waals surface area contributed by atoms with Crippen molar-refractivity contribution in [1.29, 1.82) is 0 Å². The maximum atomic E-state index is 12.5. The minimum atomic E-state index is -4.25. The van der Waals surface area contributed by atoms with Crippen molar-refractivity contribution in [2.75, 3.05) is 6.26 Å².